The van der Waals surface area contributed by atoms with Gasteiger partial charge in [-0.25, -0.2) is 0 Å². The number of imidazole rings is 1. The second kappa shape index (κ2) is 35.5. The van der Waals surface area contributed by atoms with Crippen molar-refractivity contribution in [3.8, 4) is 61.6 Å². The van der Waals surface area contributed by atoms with Gasteiger partial charge in [-0.2, -0.15) is 85.8 Å². The molecule has 13 aromatic rings. The van der Waals surface area contributed by atoms with E-state index in [9.17, 15) is 0 Å². The Morgan fingerprint density at radius 1 is 0.385 bits per heavy atom. The summed E-state index contributed by atoms with van der Waals surface area (Å²) in [6, 6.07) is 94.6. The largest absolute Gasteiger partial charge is 0.510 e. The number of benzene rings is 11. The summed E-state index contributed by atoms with van der Waals surface area (Å²) < 4.78 is 3.83. The van der Waals surface area contributed by atoms with E-state index in [-0.39, 0.29) is 91.3 Å². The molecule has 5 aliphatic rings. The second-order valence-electron chi connectivity index (χ2n) is 27.4. The van der Waals surface area contributed by atoms with Crippen molar-refractivity contribution in [2.45, 2.75) is 38.5 Å². The van der Waals surface area contributed by atoms with Crippen LogP contribution in [0.25, 0.3) is 85.9 Å². The van der Waals surface area contributed by atoms with E-state index < -0.39 is 0 Å². The third-order valence-electron chi connectivity index (χ3n) is 19.9. The van der Waals surface area contributed by atoms with Gasteiger partial charge in [0.1, 0.15) is 0 Å². The predicted octanol–water partition coefficient (Wildman–Crippen LogP) is 22.3. The summed E-state index contributed by atoms with van der Waals surface area (Å²) in [5.41, 5.74) is 29.8. The number of anilines is 7. The van der Waals surface area contributed by atoms with Crippen LogP contribution in [-0.2, 0) is 98.3 Å². The van der Waals surface area contributed by atoms with Crippen LogP contribution in [0.4, 0.5) is 39.8 Å². The molecule has 18 rings (SSSR count). The van der Waals surface area contributed by atoms with Gasteiger partial charge in [-0.3, -0.25) is 9.67 Å². The normalized spacial score (nSPS) is 13.4. The molecule has 2 aromatic heterocycles. The first-order valence-corrected chi connectivity index (χ1v) is 35.1. The van der Waals surface area contributed by atoms with Crippen LogP contribution in [-0.4, -0.2) is 45.4 Å². The molecule has 0 unspecified atom stereocenters. The number of hydrogen-bond acceptors (Lipinski definition) is 8. The van der Waals surface area contributed by atoms with Crippen molar-refractivity contribution in [1.82, 2.24) is 24.2 Å². The Hall–Kier alpha value is -10.1. The Balaban J connectivity index is 0.000000145. The number of aryl methyl sites for hydroxylation is 1. The van der Waals surface area contributed by atoms with Gasteiger partial charge < -0.3 is 34.0 Å². The zero-order valence-corrected chi connectivity index (χ0v) is 71.6. The van der Waals surface area contributed by atoms with E-state index in [2.05, 4.69) is 341 Å². The number of hydrogen-bond donors (Lipinski definition) is 0. The van der Waals surface area contributed by atoms with E-state index >= 15 is 0 Å². The van der Waals surface area contributed by atoms with Gasteiger partial charge in [0.05, 0.1) is 5.82 Å². The van der Waals surface area contributed by atoms with Crippen molar-refractivity contribution in [3.63, 3.8) is 0 Å². The van der Waals surface area contributed by atoms with Crippen LogP contribution in [0.15, 0.2) is 288 Å². The number of para-hydroxylation sites is 4. The minimum Gasteiger partial charge on any atom is -0.510 e. The maximum absolute atomic E-state index is 4.31. The van der Waals surface area contributed by atoms with Crippen molar-refractivity contribution < 1.29 is 80.4 Å². The monoisotopic (exact) mass is 2130 g/mol. The van der Waals surface area contributed by atoms with Crippen molar-refractivity contribution in [2.75, 3.05) is 45.6 Å². The molecule has 0 saturated heterocycles. The molecule has 14 heteroatoms. The number of fused-ring (bicyclic) bond motifs is 8. The molecule has 0 N–H and O–H groups in total. The molecule has 556 valence electrons. The third kappa shape index (κ3) is 17.0. The van der Waals surface area contributed by atoms with Crippen molar-refractivity contribution in [3.05, 3.63) is 383 Å². The minimum absolute atomic E-state index is 0. The summed E-state index contributed by atoms with van der Waals surface area (Å²) >= 11 is 0. The second-order valence-corrected chi connectivity index (χ2v) is 27.4. The summed E-state index contributed by atoms with van der Waals surface area (Å²) in [7, 11) is 8.13. The SMILES string of the molecule is C=Cc1c[c-]c(-c2nccn2C)cc1.C=Cc1ccc(-c2cc[c-]c(N3[CH-]N(C)c4ccccc43)c2)cc1.C=Cc1ccc2c(c1)C(C)(C)c1cc(-n3cccn3)[c-]cc1-2.C=Cc1ccc2c(c1)C(C)(C)c1cc(N3C=CN(C)[CH-]3)[c-]cc1-2.CN1[CH-]N(c2[c-]ccc(-c3ccccc3)c2)c2ccccc21.[Ir].[Ir].[Ir].[Ir]. The van der Waals surface area contributed by atoms with Gasteiger partial charge in [0.2, 0.25) is 0 Å². The first kappa shape index (κ1) is 81.5. The maximum atomic E-state index is 4.31. The molecule has 5 heterocycles. The molecule has 11 aromatic carbocycles. The Bertz CT molecular complexity index is 5370. The first-order chi connectivity index (χ1) is 51.0. The standard InChI is InChI=1S/C22H18N2.C21H20N2.C20H17N2.C20H16N2.C12H11N2.4Ir/c1-3-17-11-13-18(14-12-17)19-7-6-8-20(15-19)24-16-23(2)21-9-4-5-10-22(21)24;1-5-15-6-8-17-18-9-7-16(23-11-10-22(4)14-23)13-20(18)21(2,3)19(17)12-15;1-4-14-6-8-16-17-9-7-15(22-11-5-10-21-22)13-19(17)20(2,3)18(16)12-14;1-21-15-22(20-13-6-5-12-19(20)21)18-11-7-10-17(14-18)16-8-3-2-4-9-16;1-3-10-4-6-11(7-5-10)12-13-8-9-14(12)2;;;;/h3-7,9-16H,1H2,2H3;5-6,8-14H,1H2,2-4H3;4-6,8-13H,1H2,2-3H3;2-10,12-15H,1H3;3-6,8-9H,1H2,2H3;;;;/q2*-2;-1;-2;-1;;;;. The molecule has 4 radical (unpaired) electrons. The molecule has 0 amide bonds. The molecular formula is C95H82Ir4N10-8. The topological polar surface area (TPSA) is 55.1 Å². The molecule has 3 aliphatic heterocycles. The van der Waals surface area contributed by atoms with E-state index in [0.717, 1.165) is 50.8 Å². The Morgan fingerprint density at radius 2 is 0.862 bits per heavy atom. The molecule has 10 nitrogen and oxygen atoms in total. The Kier molecular flexibility index (Phi) is 26.6. The van der Waals surface area contributed by atoms with E-state index in [1.165, 1.54) is 95.1 Å². The number of rotatable bonds is 11. The summed E-state index contributed by atoms with van der Waals surface area (Å²) in [6.07, 6.45) is 19.0. The fourth-order valence-electron chi connectivity index (χ4n) is 14.1. The van der Waals surface area contributed by atoms with Crippen molar-refractivity contribution in [1.29, 1.82) is 0 Å². The average Bonchev–Trinajstić information content (AvgIpc) is 1.58. The van der Waals surface area contributed by atoms with Crippen LogP contribution in [0.1, 0.15) is 72.2 Å². The smallest absolute Gasteiger partial charge is 0.0555 e. The van der Waals surface area contributed by atoms with E-state index in [0.29, 0.717) is 0 Å². The number of nitrogens with zero attached hydrogens (tertiary/aromatic N) is 10. The van der Waals surface area contributed by atoms with Gasteiger partial charge in [0, 0.05) is 135 Å². The molecule has 0 saturated carbocycles. The maximum Gasteiger partial charge on any atom is 0.0555 e. The third-order valence-corrected chi connectivity index (χ3v) is 19.9. The molecule has 0 fully saturated rings. The fraction of sp³-hybridized carbons (Fsp3) is 0.105. The zero-order valence-electron chi connectivity index (χ0n) is 62.0. The molecule has 109 heavy (non-hydrogen) atoms. The fourth-order valence-corrected chi connectivity index (χ4v) is 14.1. The summed E-state index contributed by atoms with van der Waals surface area (Å²) in [5, 5.41) is 4.31. The van der Waals surface area contributed by atoms with Crippen LogP contribution in [0.2, 0.25) is 0 Å². The summed E-state index contributed by atoms with van der Waals surface area (Å²) in [6.45, 7) is 30.7. The van der Waals surface area contributed by atoms with Gasteiger partial charge in [0.15, 0.2) is 0 Å². The molecule has 2 aliphatic carbocycles. The van der Waals surface area contributed by atoms with E-state index in [1.807, 2.05) is 108 Å². The van der Waals surface area contributed by atoms with Gasteiger partial charge in [-0.05, 0) is 119 Å². The van der Waals surface area contributed by atoms with Crippen molar-refractivity contribution in [2.24, 2.45) is 7.05 Å². The molecule has 0 atom stereocenters. The van der Waals surface area contributed by atoms with Crippen LogP contribution >= 0.6 is 0 Å². The zero-order chi connectivity index (χ0) is 72.9. The minimum atomic E-state index is -0.0271. The number of aromatic nitrogens is 4. The van der Waals surface area contributed by atoms with Crippen LogP contribution in [0, 0.1) is 50.3 Å². The summed E-state index contributed by atoms with van der Waals surface area (Å²) in [4.78, 5) is 17.0. The predicted molar refractivity (Wildman–Crippen MR) is 438 cm³/mol. The first-order valence-electron chi connectivity index (χ1n) is 35.1. The molecular weight excluding hydrogens is 2050 g/mol. The van der Waals surface area contributed by atoms with E-state index in [4.69, 9.17) is 0 Å². The molecule has 0 bridgehead atoms. The van der Waals surface area contributed by atoms with Gasteiger partial charge in [-0.1, -0.05) is 192 Å². The van der Waals surface area contributed by atoms with E-state index in [1.54, 1.807) is 18.5 Å². The van der Waals surface area contributed by atoms with Gasteiger partial charge >= 0.3 is 0 Å². The van der Waals surface area contributed by atoms with Crippen molar-refractivity contribution >= 4 is 64.1 Å². The Labute approximate surface area is 698 Å². The average molecular weight is 2130 g/mol. The van der Waals surface area contributed by atoms with Crippen LogP contribution in [0.3, 0.4) is 0 Å². The van der Waals surface area contributed by atoms with Crippen LogP contribution < -0.4 is 24.5 Å². The summed E-state index contributed by atoms with van der Waals surface area (Å²) in [5.74, 6) is 0.931. The van der Waals surface area contributed by atoms with Gasteiger partial charge in [0.25, 0.3) is 0 Å². The van der Waals surface area contributed by atoms with Gasteiger partial charge in [-0.15, -0.1) is 123 Å². The van der Waals surface area contributed by atoms with Crippen LogP contribution in [0.5, 0.6) is 0 Å². The Morgan fingerprint density at radius 3 is 1.33 bits per heavy atom. The molecule has 0 spiro atoms. The quantitative estimate of drug-likeness (QED) is 0.119.